The molecule has 0 aliphatic carbocycles. The maximum atomic E-state index is 8.86. The van der Waals surface area contributed by atoms with Crippen LogP contribution in [0.15, 0.2) is 30.5 Å². The lowest BCUT2D eigenvalue weighted by atomic mass is 10.0. The standard InChI is InChI=1S/C16H15N5O/c17-14-9-10(4-5-19-14)12-7-11(3-1-2-6-22)15-13(8-12)16(18)21-20-15/h4-5,7-9,22H,2,6H2,(H2,17,19)(H3,18,20,21). The van der Waals surface area contributed by atoms with E-state index in [9.17, 15) is 0 Å². The first kappa shape index (κ1) is 13.9. The Balaban J connectivity index is 2.20. The highest BCUT2D eigenvalue weighted by atomic mass is 16.2. The Hall–Kier alpha value is -3.04. The normalized spacial score (nSPS) is 10.4. The number of pyridine rings is 1. The van der Waals surface area contributed by atoms with Gasteiger partial charge in [-0.25, -0.2) is 4.98 Å². The average Bonchev–Trinajstić information content (AvgIpc) is 2.89. The van der Waals surface area contributed by atoms with E-state index in [1.807, 2.05) is 18.2 Å². The number of H-pyrrole nitrogens is 1. The minimum Gasteiger partial charge on any atom is -0.395 e. The van der Waals surface area contributed by atoms with Crippen molar-refractivity contribution in [3.63, 3.8) is 0 Å². The number of nitrogen functional groups attached to an aromatic ring is 2. The number of nitrogens with zero attached hydrogens (tertiary/aromatic N) is 2. The van der Waals surface area contributed by atoms with Crippen molar-refractivity contribution in [3.8, 4) is 23.0 Å². The number of hydrogen-bond donors (Lipinski definition) is 4. The third-order valence-corrected chi connectivity index (χ3v) is 3.28. The van der Waals surface area contributed by atoms with E-state index in [1.54, 1.807) is 12.3 Å². The molecule has 6 nitrogen and oxygen atoms in total. The number of aromatic amines is 1. The zero-order valence-electron chi connectivity index (χ0n) is 11.8. The molecule has 110 valence electrons. The number of aliphatic hydroxyl groups excluding tert-OH is 1. The van der Waals surface area contributed by atoms with Gasteiger partial charge in [0.15, 0.2) is 5.82 Å². The van der Waals surface area contributed by atoms with E-state index >= 15 is 0 Å². The van der Waals surface area contributed by atoms with Crippen LogP contribution >= 0.6 is 0 Å². The minimum absolute atomic E-state index is 0.0296. The van der Waals surface area contributed by atoms with Gasteiger partial charge < -0.3 is 16.6 Å². The molecule has 0 saturated heterocycles. The summed E-state index contributed by atoms with van der Waals surface area (Å²) in [4.78, 5) is 4.00. The van der Waals surface area contributed by atoms with Gasteiger partial charge in [-0.15, -0.1) is 0 Å². The quantitative estimate of drug-likeness (QED) is 0.535. The Morgan fingerprint density at radius 2 is 2.05 bits per heavy atom. The predicted molar refractivity (Wildman–Crippen MR) is 86.7 cm³/mol. The maximum Gasteiger partial charge on any atom is 0.153 e. The average molecular weight is 293 g/mol. The van der Waals surface area contributed by atoms with Gasteiger partial charge in [-0.3, -0.25) is 5.10 Å². The van der Waals surface area contributed by atoms with Crippen LogP contribution in [-0.2, 0) is 0 Å². The summed E-state index contributed by atoms with van der Waals surface area (Å²) in [5.41, 5.74) is 15.1. The van der Waals surface area contributed by atoms with Crippen LogP contribution in [-0.4, -0.2) is 26.9 Å². The van der Waals surface area contributed by atoms with Crippen molar-refractivity contribution in [1.29, 1.82) is 0 Å². The highest BCUT2D eigenvalue weighted by molar-refractivity contribution is 5.96. The second-order valence-electron chi connectivity index (χ2n) is 4.80. The Kier molecular flexibility index (Phi) is 3.64. The summed E-state index contributed by atoms with van der Waals surface area (Å²) in [5.74, 6) is 6.83. The molecule has 6 N–H and O–H groups in total. The highest BCUT2D eigenvalue weighted by Crippen LogP contribution is 2.29. The molecule has 1 aromatic carbocycles. The molecule has 3 rings (SSSR count). The lowest BCUT2D eigenvalue weighted by Crippen LogP contribution is -1.91. The van der Waals surface area contributed by atoms with Gasteiger partial charge >= 0.3 is 0 Å². The van der Waals surface area contributed by atoms with E-state index in [2.05, 4.69) is 27.0 Å². The molecule has 0 unspecified atom stereocenters. The first-order valence-electron chi connectivity index (χ1n) is 6.78. The molecule has 0 fully saturated rings. The van der Waals surface area contributed by atoms with Gasteiger partial charge in [0.05, 0.1) is 17.7 Å². The predicted octanol–water partition coefficient (Wildman–Crippen LogP) is 1.52. The first-order valence-corrected chi connectivity index (χ1v) is 6.78. The molecule has 22 heavy (non-hydrogen) atoms. The van der Waals surface area contributed by atoms with E-state index < -0.39 is 0 Å². The summed E-state index contributed by atoms with van der Waals surface area (Å²) in [6, 6.07) is 7.56. The first-order chi connectivity index (χ1) is 10.7. The fourth-order valence-corrected chi connectivity index (χ4v) is 2.25. The summed E-state index contributed by atoms with van der Waals surface area (Å²) in [6.45, 7) is 0.0296. The van der Waals surface area contributed by atoms with Crippen LogP contribution in [0.3, 0.4) is 0 Å². The van der Waals surface area contributed by atoms with Crippen molar-refractivity contribution >= 4 is 22.5 Å². The van der Waals surface area contributed by atoms with Crippen LogP contribution in [0.2, 0.25) is 0 Å². The molecule has 3 aromatic rings. The van der Waals surface area contributed by atoms with Crippen LogP contribution in [0.5, 0.6) is 0 Å². The molecule has 0 aliphatic heterocycles. The summed E-state index contributed by atoms with van der Waals surface area (Å²) in [5, 5.41) is 16.6. The van der Waals surface area contributed by atoms with Gasteiger partial charge in [-0.2, -0.15) is 5.10 Å². The molecule has 0 spiro atoms. The number of fused-ring (bicyclic) bond motifs is 1. The molecule has 6 heteroatoms. The van der Waals surface area contributed by atoms with Crippen molar-refractivity contribution in [2.75, 3.05) is 18.1 Å². The molecule has 0 amide bonds. The minimum atomic E-state index is 0.0296. The number of nitrogens with two attached hydrogens (primary N) is 2. The van der Waals surface area contributed by atoms with Crippen LogP contribution in [0.1, 0.15) is 12.0 Å². The number of rotatable bonds is 2. The van der Waals surface area contributed by atoms with Crippen LogP contribution in [0.25, 0.3) is 22.0 Å². The van der Waals surface area contributed by atoms with Crippen molar-refractivity contribution in [3.05, 3.63) is 36.0 Å². The van der Waals surface area contributed by atoms with Gasteiger partial charge in [-0.05, 0) is 35.4 Å². The second kappa shape index (κ2) is 5.76. The third kappa shape index (κ3) is 2.57. The van der Waals surface area contributed by atoms with E-state index in [1.165, 1.54) is 0 Å². The fraction of sp³-hybridized carbons (Fsp3) is 0.125. The lowest BCUT2D eigenvalue weighted by Gasteiger charge is -2.05. The summed E-state index contributed by atoms with van der Waals surface area (Å²) in [7, 11) is 0. The van der Waals surface area contributed by atoms with Crippen molar-refractivity contribution < 1.29 is 5.11 Å². The largest absolute Gasteiger partial charge is 0.395 e. The molecule has 2 aromatic heterocycles. The lowest BCUT2D eigenvalue weighted by molar-refractivity contribution is 0.305. The third-order valence-electron chi connectivity index (χ3n) is 3.28. The van der Waals surface area contributed by atoms with E-state index in [4.69, 9.17) is 16.6 Å². The fourth-order valence-electron chi connectivity index (χ4n) is 2.25. The number of nitrogens with one attached hydrogen (secondary N) is 1. The summed E-state index contributed by atoms with van der Waals surface area (Å²) < 4.78 is 0. The summed E-state index contributed by atoms with van der Waals surface area (Å²) >= 11 is 0. The zero-order chi connectivity index (χ0) is 15.5. The molecular formula is C16H15N5O. The molecule has 0 aliphatic rings. The van der Waals surface area contributed by atoms with Gasteiger partial charge in [-0.1, -0.05) is 11.8 Å². The number of aliphatic hydroxyl groups is 1. The summed E-state index contributed by atoms with van der Waals surface area (Å²) in [6.07, 6.45) is 2.07. The second-order valence-corrected chi connectivity index (χ2v) is 4.80. The number of aromatic nitrogens is 3. The monoisotopic (exact) mass is 293 g/mol. The van der Waals surface area contributed by atoms with Crippen molar-refractivity contribution in [2.24, 2.45) is 0 Å². The molecule has 0 atom stereocenters. The van der Waals surface area contributed by atoms with Crippen LogP contribution < -0.4 is 11.5 Å². The zero-order valence-corrected chi connectivity index (χ0v) is 11.8. The van der Waals surface area contributed by atoms with Crippen LogP contribution in [0.4, 0.5) is 11.6 Å². The molecule has 0 radical (unpaired) electrons. The number of benzene rings is 1. The Labute approximate surface area is 127 Å². The Bertz CT molecular complexity index is 888. The van der Waals surface area contributed by atoms with Crippen LogP contribution in [0, 0.1) is 11.8 Å². The van der Waals surface area contributed by atoms with Gasteiger partial charge in [0.25, 0.3) is 0 Å². The topological polar surface area (TPSA) is 114 Å². The SMILES string of the molecule is Nc1cc(-c2cc(C#CCCO)c3[nH]nc(N)c3c2)ccn1. The number of anilines is 2. The maximum absolute atomic E-state index is 8.86. The smallest absolute Gasteiger partial charge is 0.153 e. The van der Waals surface area contributed by atoms with E-state index in [-0.39, 0.29) is 6.61 Å². The van der Waals surface area contributed by atoms with Gasteiger partial charge in [0, 0.05) is 18.0 Å². The highest BCUT2D eigenvalue weighted by Gasteiger charge is 2.10. The Morgan fingerprint density at radius 1 is 1.18 bits per heavy atom. The van der Waals surface area contributed by atoms with Crippen molar-refractivity contribution in [2.45, 2.75) is 6.42 Å². The molecule has 0 bridgehead atoms. The van der Waals surface area contributed by atoms with E-state index in [0.29, 0.717) is 18.1 Å². The van der Waals surface area contributed by atoms with Gasteiger partial charge in [0.1, 0.15) is 5.82 Å². The van der Waals surface area contributed by atoms with Crippen molar-refractivity contribution in [1.82, 2.24) is 15.2 Å². The molecular weight excluding hydrogens is 278 g/mol. The molecule has 0 saturated carbocycles. The number of hydrogen-bond acceptors (Lipinski definition) is 5. The van der Waals surface area contributed by atoms with Gasteiger partial charge in [0.2, 0.25) is 0 Å². The molecule has 2 heterocycles. The van der Waals surface area contributed by atoms with E-state index in [0.717, 1.165) is 27.6 Å². The Morgan fingerprint density at radius 3 is 2.82 bits per heavy atom.